The zero-order valence-corrected chi connectivity index (χ0v) is 14.9. The average molecular weight is 383 g/mol. The Bertz CT molecular complexity index is 723. The van der Waals surface area contributed by atoms with Gasteiger partial charge in [0.1, 0.15) is 5.78 Å². The quantitative estimate of drug-likeness (QED) is 0.439. The predicted molar refractivity (Wildman–Crippen MR) is 93.3 cm³/mol. The molecule has 0 saturated heterocycles. The van der Waals surface area contributed by atoms with Gasteiger partial charge in [0.25, 0.3) is 5.91 Å². The number of Topliss-reactive ketones (excluding diaryl/α,β-unsaturated/α-hetero) is 1. The SMILES string of the molecule is C[C@H]1CC(=O)[C@H](CC(=O)OCC(=O)Nc2ccccc2Cl)[C@@H]1C[N+](=O)[O-]. The number of nitrogens with zero attached hydrogens (tertiary/aromatic N) is 1. The summed E-state index contributed by atoms with van der Waals surface area (Å²) in [5.74, 6) is -2.88. The van der Waals surface area contributed by atoms with Crippen LogP contribution in [0.3, 0.4) is 0 Å². The summed E-state index contributed by atoms with van der Waals surface area (Å²) in [6.45, 7) is 0.868. The van der Waals surface area contributed by atoms with Crippen molar-refractivity contribution in [3.05, 3.63) is 39.4 Å². The number of ketones is 1. The van der Waals surface area contributed by atoms with E-state index in [0.717, 1.165) is 0 Å². The molecule has 0 bridgehead atoms. The van der Waals surface area contributed by atoms with E-state index in [1.54, 1.807) is 31.2 Å². The summed E-state index contributed by atoms with van der Waals surface area (Å²) in [5.41, 5.74) is 0.390. The Kier molecular flexibility index (Phi) is 6.68. The van der Waals surface area contributed by atoms with Gasteiger partial charge in [-0.3, -0.25) is 24.5 Å². The predicted octanol–water partition coefficient (Wildman–Crippen LogP) is 2.33. The minimum Gasteiger partial charge on any atom is -0.456 e. The smallest absolute Gasteiger partial charge is 0.307 e. The first-order valence-electron chi connectivity index (χ1n) is 8.12. The molecule has 1 aliphatic carbocycles. The van der Waals surface area contributed by atoms with E-state index in [2.05, 4.69) is 5.32 Å². The summed E-state index contributed by atoms with van der Waals surface area (Å²) < 4.78 is 4.90. The van der Waals surface area contributed by atoms with Crippen molar-refractivity contribution in [2.45, 2.75) is 19.8 Å². The Morgan fingerprint density at radius 1 is 1.38 bits per heavy atom. The van der Waals surface area contributed by atoms with Gasteiger partial charge in [-0.1, -0.05) is 30.7 Å². The van der Waals surface area contributed by atoms with Crippen LogP contribution < -0.4 is 5.32 Å². The molecule has 9 heteroatoms. The number of para-hydroxylation sites is 1. The van der Waals surface area contributed by atoms with Gasteiger partial charge in [-0.25, -0.2) is 0 Å². The molecule has 1 aromatic rings. The summed E-state index contributed by atoms with van der Waals surface area (Å²) in [6.07, 6.45) is -0.0511. The Hall–Kier alpha value is -2.48. The molecule has 1 amide bonds. The largest absolute Gasteiger partial charge is 0.456 e. The van der Waals surface area contributed by atoms with Gasteiger partial charge in [-0.15, -0.1) is 0 Å². The lowest BCUT2D eigenvalue weighted by Crippen LogP contribution is -2.28. The lowest BCUT2D eigenvalue weighted by Gasteiger charge is -2.17. The highest BCUT2D eigenvalue weighted by Gasteiger charge is 2.44. The minimum absolute atomic E-state index is 0.158. The highest BCUT2D eigenvalue weighted by atomic mass is 35.5. The minimum atomic E-state index is -0.741. The Morgan fingerprint density at radius 2 is 2.08 bits per heavy atom. The second kappa shape index (κ2) is 8.75. The van der Waals surface area contributed by atoms with Crippen LogP contribution in [0.15, 0.2) is 24.3 Å². The molecule has 1 fully saturated rings. The van der Waals surface area contributed by atoms with Gasteiger partial charge in [-0.2, -0.15) is 0 Å². The number of carbonyl (C=O) groups excluding carboxylic acids is 3. The van der Waals surface area contributed by atoms with E-state index in [1.165, 1.54) is 0 Å². The maximum Gasteiger partial charge on any atom is 0.307 e. The van der Waals surface area contributed by atoms with Crippen molar-refractivity contribution in [3.63, 3.8) is 0 Å². The summed E-state index contributed by atoms with van der Waals surface area (Å²) in [5, 5.41) is 13.6. The van der Waals surface area contributed by atoms with Crippen molar-refractivity contribution in [1.29, 1.82) is 0 Å². The average Bonchev–Trinajstić information content (AvgIpc) is 2.81. The van der Waals surface area contributed by atoms with Gasteiger partial charge in [0.05, 0.1) is 17.1 Å². The molecule has 0 unspecified atom stereocenters. The van der Waals surface area contributed by atoms with Crippen molar-refractivity contribution >= 4 is 34.9 Å². The molecule has 26 heavy (non-hydrogen) atoms. The first-order chi connectivity index (χ1) is 12.3. The fraction of sp³-hybridized carbons (Fsp3) is 0.471. The van der Waals surface area contributed by atoms with Crippen LogP contribution in [0.2, 0.25) is 5.02 Å². The molecular formula is C17H19ClN2O6. The van der Waals surface area contributed by atoms with Gasteiger partial charge >= 0.3 is 5.97 Å². The number of benzene rings is 1. The molecule has 1 aliphatic rings. The number of nitrogens with one attached hydrogen (secondary N) is 1. The Morgan fingerprint density at radius 3 is 2.73 bits per heavy atom. The van der Waals surface area contributed by atoms with Crippen molar-refractivity contribution in [2.24, 2.45) is 17.8 Å². The highest BCUT2D eigenvalue weighted by molar-refractivity contribution is 6.33. The number of amides is 1. The first-order valence-corrected chi connectivity index (χ1v) is 8.50. The van der Waals surface area contributed by atoms with Gasteiger partial charge in [-0.05, 0) is 18.1 Å². The number of carbonyl (C=O) groups is 3. The molecule has 3 atom stereocenters. The Balaban J connectivity index is 1.85. The molecule has 140 valence electrons. The third-order valence-corrected chi connectivity index (χ3v) is 4.77. The van der Waals surface area contributed by atoms with Crippen LogP contribution in [-0.2, 0) is 19.1 Å². The van der Waals surface area contributed by atoms with E-state index in [-0.39, 0.29) is 31.1 Å². The fourth-order valence-electron chi connectivity index (χ4n) is 3.13. The number of nitro groups is 1. The summed E-state index contributed by atoms with van der Waals surface area (Å²) in [6, 6.07) is 6.60. The first kappa shape index (κ1) is 19.8. The number of esters is 1. The van der Waals surface area contributed by atoms with Crippen molar-refractivity contribution in [3.8, 4) is 0 Å². The molecule has 0 radical (unpaired) electrons. The fourth-order valence-corrected chi connectivity index (χ4v) is 3.32. The van der Waals surface area contributed by atoms with E-state index in [4.69, 9.17) is 16.3 Å². The van der Waals surface area contributed by atoms with E-state index >= 15 is 0 Å². The topological polar surface area (TPSA) is 116 Å². The molecular weight excluding hydrogens is 364 g/mol. The second-order valence-electron chi connectivity index (χ2n) is 6.33. The number of hydrogen-bond donors (Lipinski definition) is 1. The number of ether oxygens (including phenoxy) is 1. The zero-order chi connectivity index (χ0) is 19.3. The molecule has 8 nitrogen and oxygen atoms in total. The molecule has 2 rings (SSSR count). The van der Waals surface area contributed by atoms with E-state index in [9.17, 15) is 24.5 Å². The second-order valence-corrected chi connectivity index (χ2v) is 6.73. The third-order valence-electron chi connectivity index (χ3n) is 4.44. The van der Waals surface area contributed by atoms with Crippen LogP contribution >= 0.6 is 11.6 Å². The van der Waals surface area contributed by atoms with Crippen molar-refractivity contribution in [2.75, 3.05) is 18.5 Å². The van der Waals surface area contributed by atoms with E-state index in [1.807, 2.05) is 0 Å². The standard InChI is InChI=1S/C17H19ClN2O6/c1-10-6-15(21)11(12(10)8-20(24)25)7-17(23)26-9-16(22)19-14-5-3-2-4-13(14)18/h2-5,10-12H,6-9H2,1H3,(H,19,22)/t10-,11+,12+/m0/s1. The molecule has 0 aliphatic heterocycles. The Labute approximate surface area is 155 Å². The number of anilines is 1. The van der Waals surface area contributed by atoms with Crippen LogP contribution in [-0.4, -0.2) is 35.7 Å². The monoisotopic (exact) mass is 382 g/mol. The van der Waals surface area contributed by atoms with Gasteiger partial charge in [0, 0.05) is 23.2 Å². The lowest BCUT2D eigenvalue weighted by atomic mass is 9.88. The van der Waals surface area contributed by atoms with Crippen LogP contribution in [0.5, 0.6) is 0 Å². The molecule has 0 spiro atoms. The molecule has 1 N–H and O–H groups in total. The number of rotatable bonds is 7. The van der Waals surface area contributed by atoms with Crippen LogP contribution in [0.25, 0.3) is 0 Å². The zero-order valence-electron chi connectivity index (χ0n) is 14.1. The third kappa shape index (κ3) is 5.26. The van der Waals surface area contributed by atoms with E-state index in [0.29, 0.717) is 10.7 Å². The number of halogens is 1. The lowest BCUT2D eigenvalue weighted by molar-refractivity contribution is -0.490. The van der Waals surface area contributed by atoms with Crippen molar-refractivity contribution < 1.29 is 24.0 Å². The number of hydrogen-bond acceptors (Lipinski definition) is 6. The van der Waals surface area contributed by atoms with Gasteiger partial charge in [0.15, 0.2) is 6.61 Å². The molecule has 0 aromatic heterocycles. The van der Waals surface area contributed by atoms with Gasteiger partial charge < -0.3 is 10.1 Å². The van der Waals surface area contributed by atoms with Crippen LogP contribution in [0, 0.1) is 27.9 Å². The molecule has 0 heterocycles. The van der Waals surface area contributed by atoms with E-state index < -0.39 is 35.2 Å². The molecule has 1 saturated carbocycles. The normalized spacial score (nSPS) is 22.1. The van der Waals surface area contributed by atoms with Crippen LogP contribution in [0.4, 0.5) is 5.69 Å². The van der Waals surface area contributed by atoms with Gasteiger partial charge in [0.2, 0.25) is 6.54 Å². The highest BCUT2D eigenvalue weighted by Crippen LogP contribution is 2.36. The van der Waals surface area contributed by atoms with Crippen molar-refractivity contribution in [1.82, 2.24) is 0 Å². The maximum atomic E-state index is 12.0. The molecule has 1 aromatic carbocycles. The summed E-state index contributed by atoms with van der Waals surface area (Å²) in [4.78, 5) is 46.1. The summed E-state index contributed by atoms with van der Waals surface area (Å²) >= 11 is 5.92. The van der Waals surface area contributed by atoms with Crippen LogP contribution in [0.1, 0.15) is 19.8 Å². The summed E-state index contributed by atoms with van der Waals surface area (Å²) in [7, 11) is 0. The maximum absolute atomic E-state index is 12.0.